The number of hydrogen-bond donors (Lipinski definition) is 0. The van der Waals surface area contributed by atoms with Crippen molar-refractivity contribution in [3.8, 4) is 0 Å². The summed E-state index contributed by atoms with van der Waals surface area (Å²) in [7, 11) is 0. The van der Waals surface area contributed by atoms with Crippen molar-refractivity contribution in [2.24, 2.45) is 5.92 Å². The van der Waals surface area contributed by atoms with E-state index in [9.17, 15) is 14.0 Å². The van der Waals surface area contributed by atoms with Crippen LogP contribution in [-0.2, 0) is 14.4 Å². The van der Waals surface area contributed by atoms with Crippen molar-refractivity contribution in [2.45, 2.75) is 12.1 Å². The van der Waals surface area contributed by atoms with Gasteiger partial charge in [-0.2, -0.15) is 0 Å². The Hall–Kier alpha value is -2.74. The highest BCUT2D eigenvalue weighted by Crippen LogP contribution is 2.48. The van der Waals surface area contributed by atoms with Gasteiger partial charge in [-0.15, -0.1) is 0 Å². The average Bonchev–Trinajstić information content (AvgIpc) is 3.27. The average molecular weight is 502 g/mol. The molecule has 0 radical (unpaired) electrons. The van der Waals surface area contributed by atoms with Crippen LogP contribution < -0.4 is 9.96 Å². The van der Waals surface area contributed by atoms with E-state index in [4.69, 9.17) is 16.4 Å². The van der Waals surface area contributed by atoms with E-state index in [1.807, 2.05) is 30.3 Å². The first kappa shape index (κ1) is 20.2. The van der Waals surface area contributed by atoms with Crippen molar-refractivity contribution in [3.05, 3.63) is 93.7 Å². The topological polar surface area (TPSA) is 49.9 Å². The Balaban J connectivity index is 1.61. The van der Waals surface area contributed by atoms with Crippen LogP contribution in [0.5, 0.6) is 0 Å². The van der Waals surface area contributed by atoms with Crippen LogP contribution in [0.1, 0.15) is 11.6 Å². The van der Waals surface area contributed by atoms with Crippen LogP contribution in [0.15, 0.2) is 77.3 Å². The number of hydroxylamine groups is 1. The highest BCUT2D eigenvalue weighted by atomic mass is 79.9. The second-order valence-corrected chi connectivity index (χ2v) is 8.61. The molecular weight excluding hydrogens is 487 g/mol. The number of hydrogen-bond acceptors (Lipinski definition) is 4. The maximum atomic E-state index is 13.9. The van der Waals surface area contributed by atoms with Gasteiger partial charge in [-0.25, -0.2) is 14.4 Å². The molecule has 31 heavy (non-hydrogen) atoms. The zero-order chi connectivity index (χ0) is 21.7. The number of rotatable bonds is 3. The van der Waals surface area contributed by atoms with Crippen LogP contribution in [-0.4, -0.2) is 17.9 Å². The smallest absolute Gasteiger partial charge is 0.266 e. The number of anilines is 2. The van der Waals surface area contributed by atoms with Crippen LogP contribution in [0.4, 0.5) is 15.8 Å². The molecular formula is C23H15BrClFN2O3. The number of para-hydroxylation sites is 1. The minimum atomic E-state index is -1.000. The highest BCUT2D eigenvalue weighted by Gasteiger charge is 2.60. The summed E-state index contributed by atoms with van der Waals surface area (Å²) in [5.41, 5.74) is 1.74. The minimum Gasteiger partial charge on any atom is -0.273 e. The third-order valence-electron chi connectivity index (χ3n) is 5.48. The van der Waals surface area contributed by atoms with Gasteiger partial charge in [0.25, 0.3) is 5.91 Å². The van der Waals surface area contributed by atoms with E-state index < -0.39 is 29.8 Å². The van der Waals surface area contributed by atoms with Gasteiger partial charge >= 0.3 is 0 Å². The van der Waals surface area contributed by atoms with Crippen molar-refractivity contribution < 1.29 is 18.8 Å². The van der Waals surface area contributed by atoms with Crippen LogP contribution >= 0.6 is 27.5 Å². The summed E-state index contributed by atoms with van der Waals surface area (Å²) < 4.78 is 14.2. The van der Waals surface area contributed by atoms with E-state index in [1.165, 1.54) is 6.07 Å². The standard InChI is InChI=1S/C23H15BrClFN2O3/c24-17-11-13(9-10-18(17)26)20-19-21(31-28(20)15-6-2-1-3-7-15)23(30)27(22(19)29)16-8-4-5-14(25)12-16/h1-12,19-21H/t19-,20-,21-/m1/s1. The lowest BCUT2D eigenvalue weighted by Gasteiger charge is -2.29. The number of amides is 2. The summed E-state index contributed by atoms with van der Waals surface area (Å²) in [5, 5.41) is 1.99. The van der Waals surface area contributed by atoms with Gasteiger partial charge in [-0.3, -0.25) is 14.4 Å². The molecule has 3 atom stereocenters. The molecule has 0 aromatic heterocycles. The monoisotopic (exact) mass is 500 g/mol. The molecule has 0 unspecified atom stereocenters. The Bertz CT molecular complexity index is 1190. The zero-order valence-electron chi connectivity index (χ0n) is 15.9. The quantitative estimate of drug-likeness (QED) is 0.458. The molecule has 2 saturated heterocycles. The molecule has 2 heterocycles. The summed E-state index contributed by atoms with van der Waals surface area (Å²) in [4.78, 5) is 33.9. The predicted molar refractivity (Wildman–Crippen MR) is 118 cm³/mol. The molecule has 2 fully saturated rings. The van der Waals surface area contributed by atoms with Gasteiger partial charge in [0.2, 0.25) is 5.91 Å². The van der Waals surface area contributed by atoms with Crippen LogP contribution in [0.2, 0.25) is 5.02 Å². The fourth-order valence-corrected chi connectivity index (χ4v) is 4.70. The van der Waals surface area contributed by atoms with Gasteiger partial charge in [-0.05, 0) is 64.0 Å². The van der Waals surface area contributed by atoms with Gasteiger partial charge in [0, 0.05) is 5.02 Å². The number of carbonyl (C=O) groups excluding carboxylic acids is 2. The van der Waals surface area contributed by atoms with E-state index >= 15 is 0 Å². The Morgan fingerprint density at radius 3 is 2.35 bits per heavy atom. The fourth-order valence-electron chi connectivity index (χ4n) is 4.12. The molecule has 3 aromatic rings. The third kappa shape index (κ3) is 3.33. The molecule has 2 aliphatic rings. The maximum Gasteiger partial charge on any atom is 0.266 e. The Morgan fingerprint density at radius 1 is 0.903 bits per heavy atom. The normalized spacial score (nSPS) is 22.9. The fraction of sp³-hybridized carbons (Fsp3) is 0.130. The van der Waals surface area contributed by atoms with Gasteiger partial charge in [0.15, 0.2) is 6.10 Å². The van der Waals surface area contributed by atoms with Crippen molar-refractivity contribution in [2.75, 3.05) is 9.96 Å². The van der Waals surface area contributed by atoms with Gasteiger partial charge in [0.1, 0.15) is 11.7 Å². The highest BCUT2D eigenvalue weighted by molar-refractivity contribution is 9.10. The lowest BCUT2D eigenvalue weighted by atomic mass is 9.90. The van der Waals surface area contributed by atoms with E-state index in [1.54, 1.807) is 41.5 Å². The molecule has 0 saturated carbocycles. The minimum absolute atomic E-state index is 0.268. The molecule has 5 nitrogen and oxygen atoms in total. The molecule has 0 bridgehead atoms. The lowest BCUT2D eigenvalue weighted by Crippen LogP contribution is -2.37. The van der Waals surface area contributed by atoms with Gasteiger partial charge < -0.3 is 0 Å². The Morgan fingerprint density at radius 2 is 1.65 bits per heavy atom. The van der Waals surface area contributed by atoms with E-state index in [0.29, 0.717) is 22.0 Å². The van der Waals surface area contributed by atoms with E-state index in [0.717, 1.165) is 4.90 Å². The van der Waals surface area contributed by atoms with E-state index in [2.05, 4.69) is 15.9 Å². The van der Waals surface area contributed by atoms with Crippen molar-refractivity contribution in [1.29, 1.82) is 0 Å². The Labute approximate surface area is 191 Å². The molecule has 8 heteroatoms. The number of imide groups is 1. The number of halogens is 3. The molecule has 2 amide bonds. The molecule has 0 N–H and O–H groups in total. The predicted octanol–water partition coefficient (Wildman–Crippen LogP) is 5.29. The third-order valence-corrected chi connectivity index (χ3v) is 6.32. The second kappa shape index (κ2) is 7.75. The number of benzene rings is 3. The zero-order valence-corrected chi connectivity index (χ0v) is 18.3. The van der Waals surface area contributed by atoms with Crippen LogP contribution in [0.3, 0.4) is 0 Å². The van der Waals surface area contributed by atoms with E-state index in [-0.39, 0.29) is 10.4 Å². The SMILES string of the molecule is O=C1[C@@H]2[C@@H](c3ccc(F)c(Br)c3)N(c3ccccc3)O[C@H]2C(=O)N1c1cccc(Cl)c1. The van der Waals surface area contributed by atoms with Crippen LogP contribution in [0, 0.1) is 11.7 Å². The number of fused-ring (bicyclic) bond motifs is 1. The molecule has 0 aliphatic carbocycles. The maximum absolute atomic E-state index is 13.9. The first-order valence-electron chi connectivity index (χ1n) is 9.55. The first-order chi connectivity index (χ1) is 15.0. The summed E-state index contributed by atoms with van der Waals surface area (Å²) >= 11 is 9.28. The number of carbonyl (C=O) groups is 2. The summed E-state index contributed by atoms with van der Waals surface area (Å²) in [6.45, 7) is 0. The van der Waals surface area contributed by atoms with Crippen molar-refractivity contribution in [3.63, 3.8) is 0 Å². The van der Waals surface area contributed by atoms with Gasteiger partial charge in [-0.1, -0.05) is 41.9 Å². The summed E-state index contributed by atoms with van der Waals surface area (Å²) in [6.07, 6.45) is -1.000. The molecule has 0 spiro atoms. The lowest BCUT2D eigenvalue weighted by molar-refractivity contribution is -0.126. The second-order valence-electron chi connectivity index (χ2n) is 7.32. The molecule has 5 rings (SSSR count). The Kier molecular flexibility index (Phi) is 5.04. The first-order valence-corrected chi connectivity index (χ1v) is 10.7. The molecule has 156 valence electrons. The van der Waals surface area contributed by atoms with Crippen molar-refractivity contribution >= 4 is 50.7 Å². The summed E-state index contributed by atoms with van der Waals surface area (Å²) in [6, 6.07) is 19.7. The molecule has 2 aliphatic heterocycles. The number of nitrogens with zero attached hydrogens (tertiary/aromatic N) is 2. The molecule has 3 aromatic carbocycles. The van der Waals surface area contributed by atoms with Gasteiger partial charge in [0.05, 0.1) is 21.9 Å². The van der Waals surface area contributed by atoms with Crippen LogP contribution in [0.25, 0.3) is 0 Å². The largest absolute Gasteiger partial charge is 0.273 e. The van der Waals surface area contributed by atoms with Crippen molar-refractivity contribution in [1.82, 2.24) is 0 Å². The summed E-state index contributed by atoms with van der Waals surface area (Å²) in [5.74, 6) is -2.06.